The molecule has 5 aromatic carbocycles. The van der Waals surface area contributed by atoms with E-state index in [4.69, 9.17) is 0 Å². The van der Waals surface area contributed by atoms with Crippen molar-refractivity contribution < 1.29 is 0 Å². The van der Waals surface area contributed by atoms with Crippen molar-refractivity contribution in [1.29, 1.82) is 0 Å². The summed E-state index contributed by atoms with van der Waals surface area (Å²) in [5.41, 5.74) is 7.32. The van der Waals surface area contributed by atoms with Gasteiger partial charge in [0.1, 0.15) is 0 Å². The van der Waals surface area contributed by atoms with Gasteiger partial charge in [-0.2, -0.15) is 0 Å². The Bertz CT molecular complexity index is 1290. The third-order valence-corrected chi connectivity index (χ3v) is 5.67. The van der Waals surface area contributed by atoms with Crippen LogP contribution in [0.15, 0.2) is 121 Å². The fourth-order valence-corrected chi connectivity index (χ4v) is 4.11. The molecule has 5 aromatic rings. The van der Waals surface area contributed by atoms with E-state index in [1.54, 1.807) is 0 Å². The summed E-state index contributed by atoms with van der Waals surface area (Å²) in [6.07, 6.45) is 0. The largest absolute Gasteiger partial charge is 0.344 e. The Morgan fingerprint density at radius 1 is 0.500 bits per heavy atom. The van der Waals surface area contributed by atoms with Crippen LogP contribution < -0.4 is 4.90 Å². The lowest BCUT2D eigenvalue weighted by Crippen LogP contribution is -2.11. The number of nitrogens with zero attached hydrogens (tertiary/aromatic N) is 1. The molecule has 0 bridgehead atoms. The van der Waals surface area contributed by atoms with Gasteiger partial charge in [0.15, 0.2) is 0 Å². The highest BCUT2D eigenvalue weighted by molar-refractivity contribution is 6.00. The summed E-state index contributed by atoms with van der Waals surface area (Å²) in [7, 11) is 2.15. The molecule has 30 heavy (non-hydrogen) atoms. The van der Waals surface area contributed by atoms with Crippen LogP contribution in [0.5, 0.6) is 0 Å². The van der Waals surface area contributed by atoms with Gasteiger partial charge >= 0.3 is 0 Å². The van der Waals surface area contributed by atoms with Gasteiger partial charge in [-0.15, -0.1) is 0 Å². The van der Waals surface area contributed by atoms with Crippen molar-refractivity contribution in [3.05, 3.63) is 121 Å². The molecule has 144 valence electrons. The summed E-state index contributed by atoms with van der Waals surface area (Å²) in [4.78, 5) is 2.29. The summed E-state index contributed by atoms with van der Waals surface area (Å²) in [6, 6.07) is 43.0. The van der Waals surface area contributed by atoms with Gasteiger partial charge in [-0.25, -0.2) is 0 Å². The summed E-state index contributed by atoms with van der Waals surface area (Å²) in [6.45, 7) is 0. The van der Waals surface area contributed by atoms with E-state index in [0.29, 0.717) is 0 Å². The number of para-hydroxylation sites is 1. The third-order valence-electron chi connectivity index (χ3n) is 5.67. The smallest absolute Gasteiger partial charge is 0.0487 e. The molecule has 0 amide bonds. The molecule has 0 aliphatic heterocycles. The maximum Gasteiger partial charge on any atom is 0.0487 e. The standard InChI is InChI=1S/C29H23N/c1-30(29-19-11-10-18-27(29)22-12-4-2-5-13-22)25-20-24-16-8-9-17-26(24)28(21-25)23-14-6-3-7-15-23/h2-21H,1H3. The Balaban J connectivity index is 1.68. The van der Waals surface area contributed by atoms with Crippen LogP contribution in [0.2, 0.25) is 0 Å². The lowest BCUT2D eigenvalue weighted by molar-refractivity contribution is 1.21. The van der Waals surface area contributed by atoms with E-state index < -0.39 is 0 Å². The van der Waals surface area contributed by atoms with Crippen LogP contribution in [-0.2, 0) is 0 Å². The first-order chi connectivity index (χ1) is 14.8. The lowest BCUT2D eigenvalue weighted by atomic mass is 9.96. The molecular weight excluding hydrogens is 362 g/mol. The number of hydrogen-bond acceptors (Lipinski definition) is 1. The number of hydrogen-bond donors (Lipinski definition) is 0. The van der Waals surface area contributed by atoms with Crippen LogP contribution in [0.25, 0.3) is 33.0 Å². The van der Waals surface area contributed by atoms with E-state index in [9.17, 15) is 0 Å². The van der Waals surface area contributed by atoms with Crippen molar-refractivity contribution in [2.75, 3.05) is 11.9 Å². The van der Waals surface area contributed by atoms with Gasteiger partial charge in [-0.05, 0) is 45.7 Å². The Kier molecular flexibility index (Phi) is 4.78. The Morgan fingerprint density at radius 2 is 1.07 bits per heavy atom. The molecule has 0 saturated heterocycles. The molecule has 0 spiro atoms. The molecule has 0 N–H and O–H groups in total. The normalized spacial score (nSPS) is 10.8. The molecule has 5 rings (SSSR count). The van der Waals surface area contributed by atoms with Crippen molar-refractivity contribution in [3.63, 3.8) is 0 Å². The molecule has 0 fully saturated rings. The molecule has 1 heteroatoms. The van der Waals surface area contributed by atoms with Gasteiger partial charge in [-0.1, -0.05) is 103 Å². The van der Waals surface area contributed by atoms with Crippen LogP contribution in [0.4, 0.5) is 11.4 Å². The van der Waals surface area contributed by atoms with Crippen LogP contribution in [0, 0.1) is 0 Å². The van der Waals surface area contributed by atoms with E-state index in [-0.39, 0.29) is 0 Å². The summed E-state index contributed by atoms with van der Waals surface area (Å²) in [5.74, 6) is 0. The summed E-state index contributed by atoms with van der Waals surface area (Å²) in [5, 5.41) is 2.52. The minimum absolute atomic E-state index is 1.18. The molecule has 1 nitrogen and oxygen atoms in total. The van der Waals surface area contributed by atoms with Crippen LogP contribution >= 0.6 is 0 Å². The number of anilines is 2. The zero-order valence-electron chi connectivity index (χ0n) is 17.0. The predicted octanol–water partition coefficient (Wildman–Crippen LogP) is 7.94. The summed E-state index contributed by atoms with van der Waals surface area (Å²) < 4.78 is 0. The molecule has 0 aliphatic carbocycles. The minimum Gasteiger partial charge on any atom is -0.344 e. The number of fused-ring (bicyclic) bond motifs is 1. The zero-order chi connectivity index (χ0) is 20.3. The SMILES string of the molecule is CN(c1cc(-c2ccccc2)c2ccccc2c1)c1ccccc1-c1ccccc1. The maximum atomic E-state index is 2.30. The van der Waals surface area contributed by atoms with Gasteiger partial charge in [0.25, 0.3) is 0 Å². The van der Waals surface area contributed by atoms with Gasteiger partial charge in [-0.3, -0.25) is 0 Å². The second kappa shape index (κ2) is 7.88. The first-order valence-corrected chi connectivity index (χ1v) is 10.3. The molecule has 0 radical (unpaired) electrons. The molecule has 0 saturated carbocycles. The Labute approximate surface area is 177 Å². The van der Waals surface area contributed by atoms with E-state index in [1.807, 2.05) is 0 Å². The molecule has 0 aromatic heterocycles. The average molecular weight is 386 g/mol. The van der Waals surface area contributed by atoms with Crippen LogP contribution in [-0.4, -0.2) is 7.05 Å². The van der Waals surface area contributed by atoms with Gasteiger partial charge in [0.05, 0.1) is 0 Å². The monoisotopic (exact) mass is 385 g/mol. The highest BCUT2D eigenvalue weighted by Gasteiger charge is 2.13. The fourth-order valence-electron chi connectivity index (χ4n) is 4.11. The van der Waals surface area contributed by atoms with Gasteiger partial charge < -0.3 is 4.90 Å². The molecule has 0 unspecified atom stereocenters. The fraction of sp³-hybridized carbons (Fsp3) is 0.0345. The Hall–Kier alpha value is -3.84. The van der Waals surface area contributed by atoms with Crippen molar-refractivity contribution in [2.24, 2.45) is 0 Å². The van der Waals surface area contributed by atoms with Gasteiger partial charge in [0.2, 0.25) is 0 Å². The van der Waals surface area contributed by atoms with E-state index in [0.717, 1.165) is 0 Å². The van der Waals surface area contributed by atoms with E-state index in [2.05, 4.69) is 133 Å². The van der Waals surface area contributed by atoms with Crippen molar-refractivity contribution in [3.8, 4) is 22.3 Å². The quantitative estimate of drug-likeness (QED) is 0.303. The second-order valence-corrected chi connectivity index (χ2v) is 7.52. The predicted molar refractivity (Wildman–Crippen MR) is 129 cm³/mol. The average Bonchev–Trinajstić information content (AvgIpc) is 2.84. The molecule has 0 heterocycles. The summed E-state index contributed by atoms with van der Waals surface area (Å²) >= 11 is 0. The van der Waals surface area contributed by atoms with Crippen LogP contribution in [0.3, 0.4) is 0 Å². The molecule has 0 atom stereocenters. The van der Waals surface area contributed by atoms with E-state index in [1.165, 1.54) is 44.4 Å². The topological polar surface area (TPSA) is 3.24 Å². The van der Waals surface area contributed by atoms with E-state index >= 15 is 0 Å². The third kappa shape index (κ3) is 3.35. The van der Waals surface area contributed by atoms with Crippen molar-refractivity contribution >= 4 is 22.1 Å². The first kappa shape index (κ1) is 18.2. The molecule has 0 aliphatic rings. The molecular formula is C29H23N. The van der Waals surface area contributed by atoms with Crippen molar-refractivity contribution in [2.45, 2.75) is 0 Å². The highest BCUT2D eigenvalue weighted by Crippen LogP contribution is 2.38. The van der Waals surface area contributed by atoms with Gasteiger partial charge in [0, 0.05) is 24.0 Å². The maximum absolute atomic E-state index is 2.30. The first-order valence-electron chi connectivity index (χ1n) is 10.3. The highest BCUT2D eigenvalue weighted by atomic mass is 15.1. The number of rotatable bonds is 4. The van der Waals surface area contributed by atoms with Crippen molar-refractivity contribution in [1.82, 2.24) is 0 Å². The Morgan fingerprint density at radius 3 is 1.80 bits per heavy atom. The number of benzene rings is 5. The lowest BCUT2D eigenvalue weighted by Gasteiger charge is -2.24. The minimum atomic E-state index is 1.18. The van der Waals surface area contributed by atoms with Crippen LogP contribution in [0.1, 0.15) is 0 Å². The second-order valence-electron chi connectivity index (χ2n) is 7.52. The zero-order valence-corrected chi connectivity index (χ0v) is 17.0.